The number of halogens is 5. The van der Waals surface area contributed by atoms with Gasteiger partial charge in [-0.2, -0.15) is 13.2 Å². The van der Waals surface area contributed by atoms with Crippen LogP contribution in [0.4, 0.5) is 27.8 Å². The first-order valence-corrected chi connectivity index (χ1v) is 13.1. The first-order chi connectivity index (χ1) is 19.1. The molecule has 8 nitrogen and oxygen atoms in total. The molecule has 214 valence electrons. The highest BCUT2D eigenvalue weighted by atomic mass is 19.4. The number of pyridine rings is 1. The summed E-state index contributed by atoms with van der Waals surface area (Å²) in [5, 5.41) is 3.48. The molecule has 4 heterocycles. The number of likely N-dealkylation sites (tertiary alicyclic amines) is 1. The number of piperidine rings is 1. The number of hydrogen-bond donors (Lipinski definition) is 1. The molecule has 5 rings (SSSR count). The zero-order valence-electron chi connectivity index (χ0n) is 21.6. The van der Waals surface area contributed by atoms with Gasteiger partial charge in [0.2, 0.25) is 5.82 Å². The number of carbonyl (C=O) groups is 1. The largest absolute Gasteiger partial charge is 0.451 e. The van der Waals surface area contributed by atoms with E-state index in [0.29, 0.717) is 35.2 Å². The molecular weight excluding hydrogens is 535 g/mol. The average Bonchev–Trinajstić information content (AvgIpc) is 3.23. The number of nitrogens with zero attached hydrogens (tertiary/aromatic N) is 5. The van der Waals surface area contributed by atoms with E-state index < -0.39 is 29.9 Å². The monoisotopic (exact) mass is 564 g/mol. The van der Waals surface area contributed by atoms with Crippen molar-refractivity contribution in [2.24, 2.45) is 0 Å². The molecule has 2 fully saturated rings. The van der Waals surface area contributed by atoms with E-state index in [0.717, 1.165) is 37.7 Å². The van der Waals surface area contributed by atoms with E-state index in [1.165, 1.54) is 0 Å². The summed E-state index contributed by atoms with van der Waals surface area (Å²) < 4.78 is 72.1. The van der Waals surface area contributed by atoms with E-state index in [2.05, 4.69) is 20.2 Å². The summed E-state index contributed by atoms with van der Waals surface area (Å²) in [4.78, 5) is 28.8. The van der Waals surface area contributed by atoms with Crippen LogP contribution in [0.1, 0.15) is 47.1 Å². The number of carbonyl (C=O) groups excluding carboxylic acids is 1. The third-order valence-corrected chi connectivity index (χ3v) is 7.24. The van der Waals surface area contributed by atoms with Crippen molar-refractivity contribution in [3.63, 3.8) is 0 Å². The summed E-state index contributed by atoms with van der Waals surface area (Å²) in [5.74, 6) is -3.72. The van der Waals surface area contributed by atoms with Crippen LogP contribution in [0, 0.1) is 0 Å². The van der Waals surface area contributed by atoms with Crippen molar-refractivity contribution in [2.75, 3.05) is 50.8 Å². The molecule has 40 heavy (non-hydrogen) atoms. The van der Waals surface area contributed by atoms with Gasteiger partial charge in [-0.25, -0.2) is 23.7 Å². The highest BCUT2D eigenvalue weighted by molar-refractivity contribution is 6.06. The molecule has 0 radical (unpaired) electrons. The van der Waals surface area contributed by atoms with Crippen LogP contribution in [0.15, 0.2) is 42.7 Å². The normalized spacial score (nSPS) is 19.3. The maximum absolute atomic E-state index is 13.8. The number of alkyl halides is 5. The Morgan fingerprint density at radius 2 is 1.77 bits per heavy atom. The Kier molecular flexibility index (Phi) is 8.13. The van der Waals surface area contributed by atoms with Crippen LogP contribution in [0.2, 0.25) is 0 Å². The van der Waals surface area contributed by atoms with Crippen molar-refractivity contribution >= 4 is 22.6 Å². The molecule has 3 aromatic rings. The highest BCUT2D eigenvalue weighted by Crippen LogP contribution is 2.33. The third kappa shape index (κ3) is 6.47. The molecular formula is C27H29F5N6O2. The van der Waals surface area contributed by atoms with E-state index in [1.807, 2.05) is 18.2 Å². The summed E-state index contributed by atoms with van der Waals surface area (Å²) in [7, 11) is 0. The molecule has 1 unspecified atom stereocenters. The highest BCUT2D eigenvalue weighted by Gasteiger charge is 2.38. The minimum Gasteiger partial charge on any atom is -0.380 e. The van der Waals surface area contributed by atoms with Crippen molar-refractivity contribution in [2.45, 2.75) is 37.4 Å². The van der Waals surface area contributed by atoms with Gasteiger partial charge in [-0.05, 0) is 30.7 Å². The average molecular weight is 565 g/mol. The van der Waals surface area contributed by atoms with Crippen molar-refractivity contribution in [1.82, 2.24) is 25.2 Å². The number of amides is 1. The lowest BCUT2D eigenvalue weighted by atomic mass is 10.0. The second-order valence-corrected chi connectivity index (χ2v) is 9.95. The third-order valence-electron chi connectivity index (χ3n) is 7.24. The maximum atomic E-state index is 13.8. The summed E-state index contributed by atoms with van der Waals surface area (Å²) >= 11 is 0. The van der Waals surface area contributed by atoms with Gasteiger partial charge in [-0.1, -0.05) is 6.07 Å². The lowest BCUT2D eigenvalue weighted by molar-refractivity contribution is -0.145. The minimum absolute atomic E-state index is 0.0110. The Bertz CT molecular complexity index is 1320. The van der Waals surface area contributed by atoms with Gasteiger partial charge >= 0.3 is 6.18 Å². The van der Waals surface area contributed by atoms with Crippen molar-refractivity contribution in [1.29, 1.82) is 0 Å². The number of benzene rings is 1. The molecule has 0 bridgehead atoms. The Balaban J connectivity index is 1.35. The zero-order valence-corrected chi connectivity index (χ0v) is 21.6. The van der Waals surface area contributed by atoms with Crippen LogP contribution in [-0.2, 0) is 10.9 Å². The number of ether oxygens (including phenoxy) is 1. The lowest BCUT2D eigenvalue weighted by Crippen LogP contribution is -2.45. The number of rotatable bonds is 6. The van der Waals surface area contributed by atoms with Gasteiger partial charge in [0.1, 0.15) is 5.82 Å². The summed E-state index contributed by atoms with van der Waals surface area (Å²) in [6.07, 6.45) is -2.52. The Morgan fingerprint density at radius 3 is 2.50 bits per heavy atom. The van der Waals surface area contributed by atoms with Gasteiger partial charge in [0.15, 0.2) is 0 Å². The molecule has 13 heteroatoms. The predicted octanol–water partition coefficient (Wildman–Crippen LogP) is 4.47. The predicted molar refractivity (Wildman–Crippen MR) is 137 cm³/mol. The summed E-state index contributed by atoms with van der Waals surface area (Å²) in [6.45, 7) is 2.84. The summed E-state index contributed by atoms with van der Waals surface area (Å²) in [5.41, 5.74) is 1.31. The lowest BCUT2D eigenvalue weighted by Gasteiger charge is -2.37. The van der Waals surface area contributed by atoms with E-state index in [1.54, 1.807) is 17.0 Å². The summed E-state index contributed by atoms with van der Waals surface area (Å²) in [6, 6.07) is 8.23. The van der Waals surface area contributed by atoms with Gasteiger partial charge in [0.05, 0.1) is 18.2 Å². The maximum Gasteiger partial charge on any atom is 0.451 e. The number of hydrogen-bond acceptors (Lipinski definition) is 7. The van der Waals surface area contributed by atoms with Gasteiger partial charge in [-0.3, -0.25) is 9.69 Å². The van der Waals surface area contributed by atoms with Crippen LogP contribution in [-0.4, -0.2) is 77.6 Å². The fourth-order valence-electron chi connectivity index (χ4n) is 5.06. The molecule has 2 aliphatic heterocycles. The van der Waals surface area contributed by atoms with Crippen molar-refractivity contribution in [3.8, 4) is 0 Å². The molecule has 2 aromatic heterocycles. The number of fused-ring (bicyclic) bond motifs is 1. The second kappa shape index (κ2) is 11.6. The van der Waals surface area contributed by atoms with E-state index in [9.17, 15) is 26.7 Å². The fourth-order valence-corrected chi connectivity index (χ4v) is 5.06. The molecule has 2 saturated heterocycles. The van der Waals surface area contributed by atoms with Crippen LogP contribution >= 0.6 is 0 Å². The SMILES string of the molecule is O=C(NCC(c1cnc(C(F)(F)F)nc1)N1CCC(F)(F)CC1)c1cccc2nc(N3CCCOCC3)ccc12. The Hall–Kier alpha value is -3.45. The Labute approximate surface area is 227 Å². The molecule has 1 amide bonds. The fraction of sp³-hybridized carbons (Fsp3) is 0.481. The second-order valence-electron chi connectivity index (χ2n) is 9.95. The molecule has 0 spiro atoms. The van der Waals surface area contributed by atoms with Gasteiger partial charge in [0, 0.05) is 81.1 Å². The standard InChI is InChI=1S/C27H29F5N6O2/c28-26(29)7-10-37(11-8-26)22(18-15-34-25(35-16-18)27(30,31)32)17-33-24(39)20-3-1-4-21-19(20)5-6-23(36-21)38-9-2-13-40-14-12-38/h1,3-6,15-16,22H,2,7-14,17H2,(H,33,39). The van der Waals surface area contributed by atoms with Crippen molar-refractivity contribution in [3.05, 3.63) is 59.7 Å². The number of anilines is 1. The van der Waals surface area contributed by atoms with E-state index in [4.69, 9.17) is 9.72 Å². The molecule has 1 aromatic carbocycles. The van der Waals surface area contributed by atoms with Gasteiger partial charge < -0.3 is 15.0 Å². The quantitative estimate of drug-likeness (QED) is 0.443. The van der Waals surface area contributed by atoms with E-state index >= 15 is 0 Å². The molecule has 1 atom stereocenters. The van der Waals surface area contributed by atoms with Crippen LogP contribution < -0.4 is 10.2 Å². The minimum atomic E-state index is -4.71. The molecule has 1 N–H and O–H groups in total. The smallest absolute Gasteiger partial charge is 0.380 e. The van der Waals surface area contributed by atoms with Gasteiger partial charge in [0.25, 0.3) is 11.8 Å². The first kappa shape index (κ1) is 28.1. The number of nitrogens with one attached hydrogen (secondary N) is 1. The van der Waals surface area contributed by atoms with Crippen LogP contribution in [0.25, 0.3) is 10.9 Å². The van der Waals surface area contributed by atoms with E-state index in [-0.39, 0.29) is 32.5 Å². The van der Waals surface area contributed by atoms with Gasteiger partial charge in [-0.15, -0.1) is 0 Å². The topological polar surface area (TPSA) is 83.5 Å². The molecule has 2 aliphatic rings. The molecule has 0 saturated carbocycles. The number of aromatic nitrogens is 3. The van der Waals surface area contributed by atoms with Crippen LogP contribution in [0.5, 0.6) is 0 Å². The zero-order chi connectivity index (χ0) is 28.3. The van der Waals surface area contributed by atoms with Crippen LogP contribution in [0.3, 0.4) is 0 Å². The van der Waals surface area contributed by atoms with Crippen molar-refractivity contribution < 1.29 is 31.5 Å². The molecule has 0 aliphatic carbocycles. The Morgan fingerprint density at radius 1 is 1.02 bits per heavy atom. The first-order valence-electron chi connectivity index (χ1n) is 13.1.